The van der Waals surface area contributed by atoms with Crippen molar-refractivity contribution in [3.8, 4) is 0 Å². The van der Waals surface area contributed by atoms with E-state index in [4.69, 9.17) is 5.73 Å². The number of hydrogen-bond donors (Lipinski definition) is 1. The van der Waals surface area contributed by atoms with E-state index in [1.807, 2.05) is 6.33 Å². The van der Waals surface area contributed by atoms with E-state index in [1.54, 1.807) is 0 Å². The molecule has 0 aliphatic heterocycles. The van der Waals surface area contributed by atoms with Crippen LogP contribution in [0.2, 0.25) is 0 Å². The summed E-state index contributed by atoms with van der Waals surface area (Å²) < 4.78 is 2.16. The summed E-state index contributed by atoms with van der Waals surface area (Å²) in [6, 6.07) is 0.610. The normalized spacial score (nSPS) is 30.9. The first-order valence-electron chi connectivity index (χ1n) is 6.21. The van der Waals surface area contributed by atoms with Crippen molar-refractivity contribution in [3.63, 3.8) is 0 Å². The van der Waals surface area contributed by atoms with Crippen molar-refractivity contribution in [2.45, 2.75) is 64.0 Å². The average Bonchev–Trinajstić information content (AvgIpc) is 2.72. The molecular weight excluding hydrogens is 200 g/mol. The molecule has 1 aliphatic carbocycles. The Morgan fingerprint density at radius 2 is 2.25 bits per heavy atom. The highest BCUT2D eigenvalue weighted by Gasteiger charge is 2.39. The summed E-state index contributed by atoms with van der Waals surface area (Å²) in [6.45, 7) is 6.55. The zero-order chi connectivity index (χ0) is 11.8. The van der Waals surface area contributed by atoms with E-state index in [0.717, 1.165) is 18.7 Å². The van der Waals surface area contributed by atoms with Crippen molar-refractivity contribution in [1.29, 1.82) is 0 Å². The quantitative estimate of drug-likeness (QED) is 0.833. The van der Waals surface area contributed by atoms with Gasteiger partial charge in [0.1, 0.15) is 12.2 Å². The minimum absolute atomic E-state index is 0.000972. The average molecular weight is 222 g/mol. The van der Waals surface area contributed by atoms with Crippen molar-refractivity contribution < 1.29 is 0 Å². The first kappa shape index (κ1) is 11.6. The van der Waals surface area contributed by atoms with Gasteiger partial charge in [0.05, 0.1) is 0 Å². The summed E-state index contributed by atoms with van der Waals surface area (Å²) in [5.41, 5.74) is 6.29. The van der Waals surface area contributed by atoms with E-state index in [2.05, 4.69) is 35.5 Å². The van der Waals surface area contributed by atoms with Gasteiger partial charge in [0.25, 0.3) is 0 Å². The Morgan fingerprint density at radius 3 is 2.88 bits per heavy atom. The molecule has 0 bridgehead atoms. The van der Waals surface area contributed by atoms with E-state index in [0.29, 0.717) is 6.04 Å². The van der Waals surface area contributed by atoms with Gasteiger partial charge in [-0.05, 0) is 26.7 Å². The van der Waals surface area contributed by atoms with Gasteiger partial charge in [-0.1, -0.05) is 19.8 Å². The van der Waals surface area contributed by atoms with Gasteiger partial charge in [-0.2, -0.15) is 0 Å². The van der Waals surface area contributed by atoms with Crippen LogP contribution in [0.5, 0.6) is 0 Å². The maximum absolute atomic E-state index is 6.29. The third-order valence-corrected chi connectivity index (χ3v) is 3.92. The molecule has 4 nitrogen and oxygen atoms in total. The molecule has 90 valence electrons. The lowest BCUT2D eigenvalue weighted by Crippen LogP contribution is -2.47. The van der Waals surface area contributed by atoms with E-state index in [1.165, 1.54) is 12.8 Å². The number of nitrogens with zero attached hydrogens (tertiary/aromatic N) is 3. The van der Waals surface area contributed by atoms with Crippen molar-refractivity contribution >= 4 is 0 Å². The fraction of sp³-hybridized carbons (Fsp3) is 0.833. The van der Waals surface area contributed by atoms with Crippen LogP contribution in [0.3, 0.4) is 0 Å². The molecule has 1 fully saturated rings. The maximum atomic E-state index is 6.29. The monoisotopic (exact) mass is 222 g/mol. The smallest absolute Gasteiger partial charge is 0.140 e. The van der Waals surface area contributed by atoms with Gasteiger partial charge in [-0.3, -0.25) is 0 Å². The summed E-state index contributed by atoms with van der Waals surface area (Å²) in [4.78, 5) is 0. The third-order valence-electron chi connectivity index (χ3n) is 3.92. The lowest BCUT2D eigenvalue weighted by molar-refractivity contribution is 0.247. The molecule has 1 aliphatic rings. The molecule has 1 saturated carbocycles. The van der Waals surface area contributed by atoms with Gasteiger partial charge >= 0.3 is 0 Å². The molecule has 2 rings (SSSR count). The van der Waals surface area contributed by atoms with Crippen LogP contribution in [0.15, 0.2) is 6.33 Å². The van der Waals surface area contributed by atoms with Crippen LogP contribution in [-0.2, 0) is 5.41 Å². The largest absolute Gasteiger partial charge is 0.327 e. The predicted molar refractivity (Wildman–Crippen MR) is 64.2 cm³/mol. The van der Waals surface area contributed by atoms with Crippen LogP contribution >= 0.6 is 0 Å². The predicted octanol–water partition coefficient (Wildman–Crippen LogP) is 2.02. The Labute approximate surface area is 97.2 Å². The minimum Gasteiger partial charge on any atom is -0.327 e. The molecule has 0 amide bonds. The van der Waals surface area contributed by atoms with Crippen LogP contribution in [0, 0.1) is 0 Å². The van der Waals surface area contributed by atoms with Gasteiger partial charge in [0.15, 0.2) is 0 Å². The van der Waals surface area contributed by atoms with E-state index < -0.39 is 0 Å². The zero-order valence-corrected chi connectivity index (χ0v) is 10.5. The maximum Gasteiger partial charge on any atom is 0.140 e. The lowest BCUT2D eigenvalue weighted by Gasteiger charge is -2.39. The van der Waals surface area contributed by atoms with Crippen LogP contribution in [0.1, 0.15) is 58.3 Å². The molecular formula is C12H22N4. The molecule has 1 aromatic heterocycles. The summed E-state index contributed by atoms with van der Waals surface area (Å²) in [6.07, 6.45) is 6.54. The number of nitrogens with two attached hydrogens (primary N) is 1. The summed E-state index contributed by atoms with van der Waals surface area (Å²) in [5.74, 6) is 1.06. The highest BCUT2D eigenvalue weighted by Crippen LogP contribution is 2.37. The van der Waals surface area contributed by atoms with Crippen LogP contribution in [-0.4, -0.2) is 20.8 Å². The number of rotatable bonds is 2. The second-order valence-electron chi connectivity index (χ2n) is 5.43. The fourth-order valence-electron chi connectivity index (χ4n) is 2.67. The summed E-state index contributed by atoms with van der Waals surface area (Å²) in [5, 5.41) is 8.37. The molecule has 0 radical (unpaired) electrons. The molecule has 2 atom stereocenters. The molecule has 0 aromatic carbocycles. The third kappa shape index (κ3) is 1.75. The second kappa shape index (κ2) is 4.17. The van der Waals surface area contributed by atoms with E-state index >= 15 is 0 Å². The van der Waals surface area contributed by atoms with Crippen molar-refractivity contribution in [3.05, 3.63) is 12.2 Å². The molecule has 1 aromatic rings. The molecule has 1 heterocycles. The van der Waals surface area contributed by atoms with Gasteiger partial charge in [-0.25, -0.2) is 0 Å². The Balaban J connectivity index is 2.37. The highest BCUT2D eigenvalue weighted by molar-refractivity contribution is 5.13. The zero-order valence-electron chi connectivity index (χ0n) is 10.5. The van der Waals surface area contributed by atoms with Crippen molar-refractivity contribution in [2.24, 2.45) is 5.73 Å². The number of hydrogen-bond acceptors (Lipinski definition) is 3. The van der Waals surface area contributed by atoms with Crippen LogP contribution < -0.4 is 5.73 Å². The second-order valence-corrected chi connectivity index (χ2v) is 5.43. The van der Waals surface area contributed by atoms with Crippen molar-refractivity contribution in [1.82, 2.24) is 14.8 Å². The van der Waals surface area contributed by atoms with Crippen LogP contribution in [0.4, 0.5) is 0 Å². The van der Waals surface area contributed by atoms with Crippen LogP contribution in [0.25, 0.3) is 0 Å². The Morgan fingerprint density at radius 1 is 1.50 bits per heavy atom. The fourth-order valence-corrected chi connectivity index (χ4v) is 2.67. The van der Waals surface area contributed by atoms with E-state index in [9.17, 15) is 0 Å². The van der Waals surface area contributed by atoms with Gasteiger partial charge in [-0.15, -0.1) is 10.2 Å². The van der Waals surface area contributed by atoms with Gasteiger partial charge < -0.3 is 10.3 Å². The van der Waals surface area contributed by atoms with E-state index in [-0.39, 0.29) is 11.5 Å². The molecule has 2 N–H and O–H groups in total. The first-order chi connectivity index (χ1) is 7.55. The standard InChI is InChI=1S/C12H22N4/c1-9(2)16-8-14-15-11(16)12(3)7-5-4-6-10(12)13/h8-10H,4-7,13H2,1-3H3. The molecule has 0 saturated heterocycles. The number of aromatic nitrogens is 3. The lowest BCUT2D eigenvalue weighted by atomic mass is 9.71. The summed E-state index contributed by atoms with van der Waals surface area (Å²) in [7, 11) is 0. The molecule has 16 heavy (non-hydrogen) atoms. The molecule has 4 heteroatoms. The highest BCUT2D eigenvalue weighted by atomic mass is 15.3. The summed E-state index contributed by atoms with van der Waals surface area (Å²) >= 11 is 0. The first-order valence-corrected chi connectivity index (χ1v) is 6.21. The Hall–Kier alpha value is -0.900. The topological polar surface area (TPSA) is 56.7 Å². The Kier molecular flexibility index (Phi) is 3.02. The molecule has 0 spiro atoms. The van der Waals surface area contributed by atoms with Gasteiger partial charge in [0, 0.05) is 17.5 Å². The SMILES string of the molecule is CC(C)n1cnnc1C1(C)CCCCC1N. The molecule has 2 unspecified atom stereocenters. The Bertz CT molecular complexity index is 358. The van der Waals surface area contributed by atoms with Crippen molar-refractivity contribution in [2.75, 3.05) is 0 Å². The minimum atomic E-state index is -0.000972. The van der Waals surface area contributed by atoms with Gasteiger partial charge in [0.2, 0.25) is 0 Å².